The molecule has 1 heterocycles. The van der Waals surface area contributed by atoms with Crippen LogP contribution in [0.5, 0.6) is 0 Å². The van der Waals surface area contributed by atoms with Crippen LogP contribution in [-0.2, 0) is 6.42 Å². The zero-order valence-corrected chi connectivity index (χ0v) is 12.5. The van der Waals surface area contributed by atoms with Gasteiger partial charge in [0.15, 0.2) is 0 Å². The van der Waals surface area contributed by atoms with E-state index in [1.54, 1.807) is 0 Å². The second-order valence-corrected chi connectivity index (χ2v) is 5.65. The predicted octanol–water partition coefficient (Wildman–Crippen LogP) is 3.48. The Morgan fingerprint density at radius 1 is 1.05 bits per heavy atom. The number of hydrogen-bond acceptors (Lipinski definition) is 2. The monoisotopic (exact) mass is 297 g/mol. The fourth-order valence-electron chi connectivity index (χ4n) is 2.84. The zero-order chi connectivity index (χ0) is 15.4. The minimum atomic E-state index is -0.464. The molecule has 1 aliphatic heterocycles. The summed E-state index contributed by atoms with van der Waals surface area (Å²) in [7, 11) is 0. The Balaban J connectivity index is 1.61. The molecule has 114 valence electrons. The Bertz CT molecular complexity index is 636. The van der Waals surface area contributed by atoms with E-state index >= 15 is 0 Å². The molecule has 3 heteroatoms. The van der Waals surface area contributed by atoms with Gasteiger partial charge in [-0.2, -0.15) is 0 Å². The molecule has 1 N–H and O–H groups in total. The lowest BCUT2D eigenvalue weighted by atomic mass is 9.99. The molecule has 1 unspecified atom stereocenters. The molecule has 0 aliphatic carbocycles. The molecular formula is C19H20FNO. The van der Waals surface area contributed by atoms with Gasteiger partial charge in [0.25, 0.3) is 0 Å². The molecule has 0 saturated heterocycles. The minimum Gasteiger partial charge on any atom is -0.378 e. The van der Waals surface area contributed by atoms with Gasteiger partial charge in [0.2, 0.25) is 0 Å². The largest absolute Gasteiger partial charge is 0.378 e. The number of aliphatic hydroxyl groups excluding tert-OH is 1. The topological polar surface area (TPSA) is 23.5 Å². The van der Waals surface area contributed by atoms with E-state index < -0.39 is 6.23 Å². The second kappa shape index (κ2) is 6.86. The maximum absolute atomic E-state index is 13.0. The van der Waals surface area contributed by atoms with Gasteiger partial charge in [0, 0.05) is 19.5 Å². The summed E-state index contributed by atoms with van der Waals surface area (Å²) in [6.45, 7) is 1.54. The summed E-state index contributed by atoms with van der Waals surface area (Å²) in [6, 6.07) is 16.7. The third kappa shape index (κ3) is 3.62. The summed E-state index contributed by atoms with van der Waals surface area (Å²) in [5, 5.41) is 10.4. The summed E-state index contributed by atoms with van der Waals surface area (Å²) in [5.74, 6) is -0.208. The highest BCUT2D eigenvalue weighted by Gasteiger charge is 2.19. The van der Waals surface area contributed by atoms with Crippen molar-refractivity contribution in [1.29, 1.82) is 0 Å². The van der Waals surface area contributed by atoms with Crippen molar-refractivity contribution in [2.75, 3.05) is 13.1 Å². The first kappa shape index (κ1) is 14.9. The smallest absolute Gasteiger partial charge is 0.123 e. The van der Waals surface area contributed by atoms with Crippen LogP contribution < -0.4 is 0 Å². The molecule has 0 fully saturated rings. The highest BCUT2D eigenvalue weighted by Crippen LogP contribution is 2.23. The molecule has 1 aliphatic rings. The molecule has 0 spiro atoms. The first-order chi connectivity index (χ1) is 10.7. The van der Waals surface area contributed by atoms with Crippen LogP contribution in [0.4, 0.5) is 4.39 Å². The third-order valence-electron chi connectivity index (χ3n) is 4.14. The Hall–Kier alpha value is -1.97. The Morgan fingerprint density at radius 2 is 1.77 bits per heavy atom. The number of halogens is 1. The van der Waals surface area contributed by atoms with Crippen LogP contribution in [0.1, 0.15) is 17.5 Å². The van der Waals surface area contributed by atoms with E-state index in [-0.39, 0.29) is 5.82 Å². The lowest BCUT2D eigenvalue weighted by molar-refractivity contribution is 0.0117. The summed E-state index contributed by atoms with van der Waals surface area (Å²) in [5.41, 5.74) is 3.44. The Morgan fingerprint density at radius 3 is 2.41 bits per heavy atom. The van der Waals surface area contributed by atoms with E-state index in [0.29, 0.717) is 6.42 Å². The van der Waals surface area contributed by atoms with Crippen LogP contribution in [0.3, 0.4) is 0 Å². The maximum atomic E-state index is 13.0. The Labute approximate surface area is 130 Å². The summed E-state index contributed by atoms with van der Waals surface area (Å²) >= 11 is 0. The van der Waals surface area contributed by atoms with Crippen LogP contribution in [0.2, 0.25) is 0 Å². The van der Waals surface area contributed by atoms with Crippen LogP contribution in [0.15, 0.2) is 60.7 Å². The van der Waals surface area contributed by atoms with Crippen molar-refractivity contribution in [1.82, 2.24) is 4.90 Å². The van der Waals surface area contributed by atoms with E-state index in [0.717, 1.165) is 30.6 Å². The highest BCUT2D eigenvalue weighted by molar-refractivity contribution is 5.66. The van der Waals surface area contributed by atoms with Gasteiger partial charge >= 0.3 is 0 Å². The standard InChI is InChI=1S/C19H20FNO/c20-18-8-6-16(7-9-18)17-10-12-21(13-11-17)19(22)14-15-4-2-1-3-5-15/h1-10,19,22H,11-14H2. The van der Waals surface area contributed by atoms with Crippen molar-refractivity contribution >= 4 is 5.57 Å². The molecule has 1 atom stereocenters. The van der Waals surface area contributed by atoms with Crippen molar-refractivity contribution in [2.24, 2.45) is 0 Å². The summed E-state index contributed by atoms with van der Waals surface area (Å²) in [4.78, 5) is 2.07. The van der Waals surface area contributed by atoms with Crippen molar-refractivity contribution in [2.45, 2.75) is 19.1 Å². The lowest BCUT2D eigenvalue weighted by Gasteiger charge is -2.31. The summed E-state index contributed by atoms with van der Waals surface area (Å²) < 4.78 is 13.0. The molecule has 2 aromatic rings. The molecule has 0 bridgehead atoms. The molecule has 0 aromatic heterocycles. The van der Waals surface area contributed by atoms with E-state index in [1.165, 1.54) is 17.7 Å². The van der Waals surface area contributed by atoms with Gasteiger partial charge in [0.05, 0.1) is 0 Å². The van der Waals surface area contributed by atoms with Crippen LogP contribution in [0.25, 0.3) is 5.57 Å². The third-order valence-corrected chi connectivity index (χ3v) is 4.14. The van der Waals surface area contributed by atoms with E-state index in [9.17, 15) is 9.50 Å². The van der Waals surface area contributed by atoms with Gasteiger partial charge in [-0.15, -0.1) is 0 Å². The number of hydrogen-bond donors (Lipinski definition) is 1. The number of nitrogens with zero attached hydrogens (tertiary/aromatic N) is 1. The van der Waals surface area contributed by atoms with E-state index in [2.05, 4.69) is 11.0 Å². The predicted molar refractivity (Wildman–Crippen MR) is 86.7 cm³/mol. The minimum absolute atomic E-state index is 0.208. The molecule has 0 amide bonds. The van der Waals surface area contributed by atoms with Crippen molar-refractivity contribution in [3.8, 4) is 0 Å². The van der Waals surface area contributed by atoms with E-state index in [1.807, 2.05) is 42.5 Å². The fraction of sp³-hybridized carbons (Fsp3) is 0.263. The Kier molecular flexibility index (Phi) is 4.66. The van der Waals surface area contributed by atoms with E-state index in [4.69, 9.17) is 0 Å². The van der Waals surface area contributed by atoms with Gasteiger partial charge < -0.3 is 5.11 Å². The van der Waals surface area contributed by atoms with Gasteiger partial charge in [-0.1, -0.05) is 48.5 Å². The van der Waals surface area contributed by atoms with Crippen molar-refractivity contribution in [3.63, 3.8) is 0 Å². The molecular weight excluding hydrogens is 277 g/mol. The highest BCUT2D eigenvalue weighted by atomic mass is 19.1. The zero-order valence-electron chi connectivity index (χ0n) is 12.5. The fourth-order valence-corrected chi connectivity index (χ4v) is 2.84. The molecule has 3 rings (SSSR count). The van der Waals surface area contributed by atoms with Crippen molar-refractivity contribution in [3.05, 3.63) is 77.6 Å². The number of aliphatic hydroxyl groups is 1. The normalized spacial score (nSPS) is 17.1. The molecule has 2 nitrogen and oxygen atoms in total. The van der Waals surface area contributed by atoms with Gasteiger partial charge in [-0.3, -0.25) is 4.90 Å². The molecule has 0 radical (unpaired) electrons. The van der Waals surface area contributed by atoms with Crippen LogP contribution in [0, 0.1) is 5.82 Å². The molecule has 22 heavy (non-hydrogen) atoms. The average Bonchev–Trinajstić information content (AvgIpc) is 2.57. The lowest BCUT2D eigenvalue weighted by Crippen LogP contribution is -2.39. The average molecular weight is 297 g/mol. The quantitative estimate of drug-likeness (QED) is 0.934. The van der Waals surface area contributed by atoms with Gasteiger partial charge in [-0.05, 0) is 35.3 Å². The van der Waals surface area contributed by atoms with Gasteiger partial charge in [-0.25, -0.2) is 4.39 Å². The molecule has 0 saturated carbocycles. The first-order valence-electron chi connectivity index (χ1n) is 7.63. The maximum Gasteiger partial charge on any atom is 0.123 e. The number of rotatable bonds is 4. The van der Waals surface area contributed by atoms with Crippen LogP contribution in [-0.4, -0.2) is 29.3 Å². The van der Waals surface area contributed by atoms with Crippen LogP contribution >= 0.6 is 0 Å². The van der Waals surface area contributed by atoms with Crippen molar-refractivity contribution < 1.29 is 9.50 Å². The summed E-state index contributed by atoms with van der Waals surface area (Å²) in [6.07, 6.45) is 3.18. The first-order valence-corrected chi connectivity index (χ1v) is 7.63. The SMILES string of the molecule is OC(Cc1ccccc1)N1CC=C(c2ccc(F)cc2)CC1. The second-order valence-electron chi connectivity index (χ2n) is 5.65. The van der Waals surface area contributed by atoms with Gasteiger partial charge in [0.1, 0.15) is 12.0 Å². The number of benzene rings is 2. The molecule has 2 aromatic carbocycles.